The summed E-state index contributed by atoms with van der Waals surface area (Å²) in [5.41, 5.74) is 0. The van der Waals surface area contributed by atoms with Crippen molar-refractivity contribution in [3.63, 3.8) is 0 Å². The summed E-state index contributed by atoms with van der Waals surface area (Å²) in [4.78, 5) is 9.35. The van der Waals surface area contributed by atoms with E-state index in [-0.39, 0.29) is 0 Å². The first-order valence-corrected chi connectivity index (χ1v) is 7.67. The molecule has 6 heteroatoms. The molecule has 19 heavy (non-hydrogen) atoms. The highest BCUT2D eigenvalue weighted by molar-refractivity contribution is 7.09. The smallest absolute Gasteiger partial charge is 0.205 e. The van der Waals surface area contributed by atoms with Crippen molar-refractivity contribution < 1.29 is 4.74 Å². The van der Waals surface area contributed by atoms with Gasteiger partial charge in [-0.1, -0.05) is 0 Å². The normalized spacial score (nSPS) is 18.2. The lowest BCUT2D eigenvalue weighted by Crippen LogP contribution is -2.45. The van der Waals surface area contributed by atoms with Gasteiger partial charge < -0.3 is 14.5 Å². The number of ether oxygens (including phenoxy) is 1. The standard InChI is InChI=1S/C13H24N4OS/c1-10(2)17-7-5-11(6-8-17)16(3)13-14-12(9-18-4)15-19-13/h10-11H,5-9H2,1-4H3. The average Bonchev–Trinajstić information content (AvgIpc) is 2.87. The Labute approximate surface area is 119 Å². The summed E-state index contributed by atoms with van der Waals surface area (Å²) < 4.78 is 9.38. The average molecular weight is 284 g/mol. The zero-order valence-corrected chi connectivity index (χ0v) is 13.1. The molecule has 0 radical (unpaired) electrons. The summed E-state index contributed by atoms with van der Waals surface area (Å²) in [7, 11) is 3.80. The zero-order valence-electron chi connectivity index (χ0n) is 12.3. The molecule has 0 unspecified atom stereocenters. The van der Waals surface area contributed by atoms with Gasteiger partial charge in [0.05, 0.1) is 0 Å². The zero-order chi connectivity index (χ0) is 13.8. The second kappa shape index (κ2) is 6.63. The van der Waals surface area contributed by atoms with Crippen LogP contribution < -0.4 is 4.90 Å². The van der Waals surface area contributed by atoms with E-state index in [4.69, 9.17) is 4.74 Å². The lowest BCUT2D eigenvalue weighted by molar-refractivity contribution is 0.171. The molecule has 2 heterocycles. The van der Waals surface area contributed by atoms with Gasteiger partial charge in [0.1, 0.15) is 6.61 Å². The second-order valence-corrected chi connectivity index (χ2v) is 6.13. The monoisotopic (exact) mass is 284 g/mol. The third-order valence-corrected chi connectivity index (χ3v) is 4.65. The van der Waals surface area contributed by atoms with E-state index in [1.54, 1.807) is 7.11 Å². The summed E-state index contributed by atoms with van der Waals surface area (Å²) >= 11 is 1.47. The van der Waals surface area contributed by atoms with Crippen LogP contribution >= 0.6 is 11.5 Å². The number of rotatable bonds is 5. The molecule has 1 aliphatic rings. The molecule has 5 nitrogen and oxygen atoms in total. The molecule has 0 bridgehead atoms. The number of likely N-dealkylation sites (tertiary alicyclic amines) is 1. The molecule has 0 aliphatic carbocycles. The molecule has 0 N–H and O–H groups in total. The van der Waals surface area contributed by atoms with Gasteiger partial charge in [-0.25, -0.2) is 4.98 Å². The third kappa shape index (κ3) is 3.64. The van der Waals surface area contributed by atoms with Crippen LogP contribution in [-0.4, -0.2) is 53.6 Å². The molecule has 1 fully saturated rings. The van der Waals surface area contributed by atoms with Crippen molar-refractivity contribution in [3.8, 4) is 0 Å². The molecule has 0 atom stereocenters. The predicted molar refractivity (Wildman–Crippen MR) is 78.8 cm³/mol. The van der Waals surface area contributed by atoms with Crippen molar-refractivity contribution in [1.82, 2.24) is 14.3 Å². The van der Waals surface area contributed by atoms with E-state index >= 15 is 0 Å². The lowest BCUT2D eigenvalue weighted by atomic mass is 10.0. The minimum absolute atomic E-state index is 0.496. The maximum Gasteiger partial charge on any atom is 0.205 e. The molecule has 0 saturated carbocycles. The van der Waals surface area contributed by atoms with Crippen LogP contribution in [0.2, 0.25) is 0 Å². The quantitative estimate of drug-likeness (QED) is 0.827. The van der Waals surface area contributed by atoms with Crippen LogP contribution in [0.25, 0.3) is 0 Å². The summed E-state index contributed by atoms with van der Waals surface area (Å²) in [6.45, 7) is 7.39. The fourth-order valence-corrected chi connectivity index (χ4v) is 3.23. The van der Waals surface area contributed by atoms with Gasteiger partial charge in [-0.05, 0) is 26.7 Å². The first-order valence-electron chi connectivity index (χ1n) is 6.90. The van der Waals surface area contributed by atoms with Crippen LogP contribution in [-0.2, 0) is 11.3 Å². The van der Waals surface area contributed by atoms with E-state index < -0.39 is 0 Å². The Balaban J connectivity index is 1.91. The van der Waals surface area contributed by atoms with Crippen molar-refractivity contribution in [2.24, 2.45) is 0 Å². The first kappa shape index (κ1) is 14.7. The van der Waals surface area contributed by atoms with Crippen LogP contribution in [0, 0.1) is 0 Å². The molecular weight excluding hydrogens is 260 g/mol. The number of piperidine rings is 1. The minimum atomic E-state index is 0.496. The van der Waals surface area contributed by atoms with Crippen molar-refractivity contribution >= 4 is 16.7 Å². The van der Waals surface area contributed by atoms with Gasteiger partial charge in [0.25, 0.3) is 0 Å². The Morgan fingerprint density at radius 3 is 2.68 bits per heavy atom. The molecule has 1 aromatic heterocycles. The highest BCUT2D eigenvalue weighted by Crippen LogP contribution is 2.24. The second-order valence-electron chi connectivity index (χ2n) is 5.40. The molecule has 1 saturated heterocycles. The molecule has 1 aliphatic heterocycles. The molecular formula is C13H24N4OS. The molecule has 0 spiro atoms. The van der Waals surface area contributed by atoms with Crippen LogP contribution in [0.5, 0.6) is 0 Å². The third-order valence-electron chi connectivity index (χ3n) is 3.81. The summed E-state index contributed by atoms with van der Waals surface area (Å²) in [6, 6.07) is 1.24. The topological polar surface area (TPSA) is 41.5 Å². The Hall–Kier alpha value is -0.720. The maximum atomic E-state index is 5.06. The van der Waals surface area contributed by atoms with Crippen molar-refractivity contribution in [1.29, 1.82) is 0 Å². The first-order chi connectivity index (χ1) is 9.11. The van der Waals surface area contributed by atoms with Gasteiger partial charge in [-0.2, -0.15) is 4.37 Å². The van der Waals surface area contributed by atoms with E-state index in [1.807, 2.05) is 0 Å². The highest BCUT2D eigenvalue weighted by atomic mass is 32.1. The number of hydrogen-bond acceptors (Lipinski definition) is 6. The van der Waals surface area contributed by atoms with Gasteiger partial charge in [-0.3, -0.25) is 0 Å². The molecule has 0 amide bonds. The molecule has 108 valence electrons. The number of hydrogen-bond donors (Lipinski definition) is 0. The van der Waals surface area contributed by atoms with Crippen LogP contribution in [0.15, 0.2) is 0 Å². The predicted octanol–water partition coefficient (Wildman–Crippen LogP) is 1.99. The largest absolute Gasteiger partial charge is 0.377 e. The van der Waals surface area contributed by atoms with Crippen LogP contribution in [0.1, 0.15) is 32.5 Å². The highest BCUT2D eigenvalue weighted by Gasteiger charge is 2.25. The maximum absolute atomic E-state index is 5.06. The number of anilines is 1. The van der Waals surface area contributed by atoms with Crippen molar-refractivity contribution in [2.45, 2.75) is 45.4 Å². The number of nitrogens with zero attached hydrogens (tertiary/aromatic N) is 4. The Morgan fingerprint density at radius 2 is 2.11 bits per heavy atom. The minimum Gasteiger partial charge on any atom is -0.377 e. The van der Waals surface area contributed by atoms with E-state index in [0.29, 0.717) is 18.7 Å². The number of methoxy groups -OCH3 is 1. The summed E-state index contributed by atoms with van der Waals surface area (Å²) in [5.74, 6) is 0.786. The van der Waals surface area contributed by atoms with Crippen LogP contribution in [0.3, 0.4) is 0 Å². The molecule has 0 aromatic carbocycles. The Kier molecular flexibility index (Phi) is 5.13. The molecule has 1 aromatic rings. The van der Waals surface area contributed by atoms with E-state index in [1.165, 1.54) is 37.5 Å². The van der Waals surface area contributed by atoms with Gasteiger partial charge >= 0.3 is 0 Å². The summed E-state index contributed by atoms with van der Waals surface area (Å²) in [6.07, 6.45) is 2.40. The van der Waals surface area contributed by atoms with E-state index in [9.17, 15) is 0 Å². The SMILES string of the molecule is COCc1nsc(N(C)C2CCN(C(C)C)CC2)n1. The van der Waals surface area contributed by atoms with Gasteiger partial charge in [0.15, 0.2) is 5.82 Å². The van der Waals surface area contributed by atoms with Crippen LogP contribution in [0.4, 0.5) is 5.13 Å². The number of aromatic nitrogens is 2. The van der Waals surface area contributed by atoms with Crippen molar-refractivity contribution in [3.05, 3.63) is 5.82 Å². The molecule has 2 rings (SSSR count). The van der Waals surface area contributed by atoms with Crippen molar-refractivity contribution in [2.75, 3.05) is 32.1 Å². The lowest BCUT2D eigenvalue weighted by Gasteiger charge is -2.38. The van der Waals surface area contributed by atoms with Gasteiger partial charge in [-0.15, -0.1) is 0 Å². The fourth-order valence-electron chi connectivity index (χ4n) is 2.52. The van der Waals surface area contributed by atoms with E-state index in [2.05, 4.69) is 40.1 Å². The fraction of sp³-hybridized carbons (Fsp3) is 0.846. The van der Waals surface area contributed by atoms with Gasteiger partial charge in [0, 0.05) is 50.9 Å². The Morgan fingerprint density at radius 1 is 1.42 bits per heavy atom. The summed E-state index contributed by atoms with van der Waals surface area (Å²) in [5, 5.41) is 1.01. The van der Waals surface area contributed by atoms with E-state index in [0.717, 1.165) is 11.0 Å². The van der Waals surface area contributed by atoms with Gasteiger partial charge in [0.2, 0.25) is 5.13 Å². The Bertz CT molecular complexity index is 388.